The fourth-order valence-electron chi connectivity index (χ4n) is 4.52. The Morgan fingerprint density at radius 1 is 0.846 bits per heavy atom. The van der Waals surface area contributed by atoms with E-state index in [0.29, 0.717) is 19.1 Å². The van der Waals surface area contributed by atoms with Gasteiger partial charge in [0.05, 0.1) is 0 Å². The van der Waals surface area contributed by atoms with Crippen LogP contribution in [-0.2, 0) is 4.79 Å². The van der Waals surface area contributed by atoms with Crippen LogP contribution in [0.2, 0.25) is 0 Å². The second-order valence-corrected chi connectivity index (χ2v) is 8.24. The van der Waals surface area contributed by atoms with Crippen LogP contribution >= 0.6 is 0 Å². The summed E-state index contributed by atoms with van der Waals surface area (Å²) in [5.41, 5.74) is 0. The number of hydrogen-bond donors (Lipinski definition) is 2. The van der Waals surface area contributed by atoms with Gasteiger partial charge in [0, 0.05) is 31.6 Å². The maximum atomic E-state index is 12.4. The van der Waals surface area contributed by atoms with Crippen molar-refractivity contribution >= 4 is 11.9 Å². The molecule has 2 aliphatic heterocycles. The molecule has 0 atom stereocenters. The van der Waals surface area contributed by atoms with Crippen molar-refractivity contribution in [2.45, 2.75) is 70.3 Å². The van der Waals surface area contributed by atoms with Crippen molar-refractivity contribution in [2.24, 2.45) is 5.92 Å². The standard InChI is InChI=1S/C20H36N4O2/c25-19(21-11-6-14-23-12-4-5-13-23)17-9-15-24(16-10-17)20(26)22-18-7-2-1-3-8-18/h17-18H,1-16H2,(H,21,25)(H,22,26). The summed E-state index contributed by atoms with van der Waals surface area (Å²) >= 11 is 0. The summed E-state index contributed by atoms with van der Waals surface area (Å²) in [5.74, 6) is 0.249. The van der Waals surface area contributed by atoms with E-state index >= 15 is 0 Å². The molecule has 26 heavy (non-hydrogen) atoms. The summed E-state index contributed by atoms with van der Waals surface area (Å²) in [6, 6.07) is 0.425. The molecule has 3 fully saturated rings. The van der Waals surface area contributed by atoms with Crippen LogP contribution in [0, 0.1) is 5.92 Å². The Hall–Kier alpha value is -1.30. The van der Waals surface area contributed by atoms with Crippen molar-refractivity contribution < 1.29 is 9.59 Å². The van der Waals surface area contributed by atoms with E-state index in [2.05, 4.69) is 15.5 Å². The molecule has 0 radical (unpaired) electrons. The van der Waals surface area contributed by atoms with Crippen molar-refractivity contribution in [1.29, 1.82) is 0 Å². The zero-order valence-corrected chi connectivity index (χ0v) is 16.2. The summed E-state index contributed by atoms with van der Waals surface area (Å²) in [6.07, 6.45) is 11.2. The first kappa shape index (κ1) is 19.5. The van der Waals surface area contributed by atoms with E-state index < -0.39 is 0 Å². The fraction of sp³-hybridized carbons (Fsp3) is 0.900. The molecule has 2 heterocycles. The lowest BCUT2D eigenvalue weighted by molar-refractivity contribution is -0.126. The number of amides is 3. The van der Waals surface area contributed by atoms with E-state index in [1.807, 2.05) is 4.90 Å². The van der Waals surface area contributed by atoms with Gasteiger partial charge in [-0.2, -0.15) is 0 Å². The van der Waals surface area contributed by atoms with Crippen molar-refractivity contribution in [3.63, 3.8) is 0 Å². The largest absolute Gasteiger partial charge is 0.356 e. The van der Waals surface area contributed by atoms with Crippen LogP contribution in [0.5, 0.6) is 0 Å². The molecule has 6 heteroatoms. The van der Waals surface area contributed by atoms with Crippen LogP contribution in [0.3, 0.4) is 0 Å². The van der Waals surface area contributed by atoms with Gasteiger partial charge in [0.15, 0.2) is 0 Å². The maximum Gasteiger partial charge on any atom is 0.317 e. The molecule has 0 aromatic heterocycles. The smallest absolute Gasteiger partial charge is 0.317 e. The van der Waals surface area contributed by atoms with Gasteiger partial charge in [-0.3, -0.25) is 4.79 Å². The second-order valence-electron chi connectivity index (χ2n) is 8.24. The Bertz CT molecular complexity index is 451. The van der Waals surface area contributed by atoms with Crippen LogP contribution in [0.25, 0.3) is 0 Å². The van der Waals surface area contributed by atoms with E-state index in [0.717, 1.165) is 45.2 Å². The molecule has 0 spiro atoms. The molecule has 2 saturated heterocycles. The molecule has 3 rings (SSSR count). The molecule has 2 N–H and O–H groups in total. The Kier molecular flexibility index (Phi) is 7.59. The highest BCUT2D eigenvalue weighted by atomic mass is 16.2. The number of urea groups is 1. The second kappa shape index (κ2) is 10.1. The SMILES string of the molecule is O=C(NCCCN1CCCC1)C1CCN(C(=O)NC2CCCCC2)CC1. The third-order valence-corrected chi connectivity index (χ3v) is 6.23. The van der Waals surface area contributed by atoms with Crippen molar-refractivity contribution in [3.05, 3.63) is 0 Å². The van der Waals surface area contributed by atoms with Gasteiger partial charge >= 0.3 is 6.03 Å². The third kappa shape index (κ3) is 5.86. The van der Waals surface area contributed by atoms with Gasteiger partial charge < -0.3 is 20.4 Å². The molecule has 0 aromatic carbocycles. The highest BCUT2D eigenvalue weighted by Gasteiger charge is 2.28. The summed E-state index contributed by atoms with van der Waals surface area (Å²) in [4.78, 5) is 29.1. The summed E-state index contributed by atoms with van der Waals surface area (Å²) in [6.45, 7) is 5.71. The summed E-state index contributed by atoms with van der Waals surface area (Å²) < 4.78 is 0. The Balaban J connectivity index is 1.28. The van der Waals surface area contributed by atoms with Crippen LogP contribution in [0.15, 0.2) is 0 Å². The van der Waals surface area contributed by atoms with Crippen molar-refractivity contribution in [1.82, 2.24) is 20.4 Å². The van der Waals surface area contributed by atoms with E-state index in [4.69, 9.17) is 0 Å². The molecule has 6 nitrogen and oxygen atoms in total. The first-order valence-corrected chi connectivity index (χ1v) is 10.8. The zero-order chi connectivity index (χ0) is 18.2. The third-order valence-electron chi connectivity index (χ3n) is 6.23. The van der Waals surface area contributed by atoms with Crippen LogP contribution < -0.4 is 10.6 Å². The van der Waals surface area contributed by atoms with Crippen molar-refractivity contribution in [3.8, 4) is 0 Å². The Labute approximate surface area is 158 Å². The van der Waals surface area contributed by atoms with E-state index in [1.165, 1.54) is 45.2 Å². The quantitative estimate of drug-likeness (QED) is 0.711. The molecule has 0 bridgehead atoms. The van der Waals surface area contributed by atoms with Gasteiger partial charge in [-0.1, -0.05) is 19.3 Å². The molecule has 3 aliphatic rings. The lowest BCUT2D eigenvalue weighted by atomic mass is 9.95. The number of piperidine rings is 1. The van der Waals surface area contributed by atoms with Gasteiger partial charge in [-0.05, 0) is 64.6 Å². The molecular weight excluding hydrogens is 328 g/mol. The number of carbonyl (C=O) groups is 2. The molecule has 1 saturated carbocycles. The lowest BCUT2D eigenvalue weighted by Crippen LogP contribution is -2.49. The van der Waals surface area contributed by atoms with Crippen LogP contribution in [-0.4, -0.2) is 67.0 Å². The molecule has 0 aromatic rings. The summed E-state index contributed by atoms with van der Waals surface area (Å²) in [7, 11) is 0. The number of hydrogen-bond acceptors (Lipinski definition) is 3. The van der Waals surface area contributed by atoms with E-state index in [9.17, 15) is 9.59 Å². The maximum absolute atomic E-state index is 12.4. The highest BCUT2D eigenvalue weighted by molar-refractivity contribution is 5.79. The lowest BCUT2D eigenvalue weighted by Gasteiger charge is -2.33. The molecule has 1 aliphatic carbocycles. The minimum Gasteiger partial charge on any atom is -0.356 e. The zero-order valence-electron chi connectivity index (χ0n) is 16.2. The Morgan fingerprint density at radius 3 is 2.23 bits per heavy atom. The van der Waals surface area contributed by atoms with Gasteiger partial charge in [0.25, 0.3) is 0 Å². The highest BCUT2D eigenvalue weighted by Crippen LogP contribution is 2.20. The molecule has 3 amide bonds. The topological polar surface area (TPSA) is 64.7 Å². The number of rotatable bonds is 6. The molecular formula is C20H36N4O2. The number of nitrogens with zero attached hydrogens (tertiary/aromatic N) is 2. The molecule has 148 valence electrons. The normalized spacial score (nSPS) is 23.2. The van der Waals surface area contributed by atoms with Gasteiger partial charge in [-0.15, -0.1) is 0 Å². The minimum atomic E-state index is 0.0699. The van der Waals surface area contributed by atoms with Crippen LogP contribution in [0.1, 0.15) is 64.2 Å². The van der Waals surface area contributed by atoms with Gasteiger partial charge in [-0.25, -0.2) is 4.79 Å². The number of nitrogens with one attached hydrogen (secondary N) is 2. The van der Waals surface area contributed by atoms with Crippen molar-refractivity contribution in [2.75, 3.05) is 39.3 Å². The fourth-order valence-corrected chi connectivity index (χ4v) is 4.52. The van der Waals surface area contributed by atoms with E-state index in [-0.39, 0.29) is 17.9 Å². The minimum absolute atomic E-state index is 0.0699. The predicted octanol–water partition coefficient (Wildman–Crippen LogP) is 2.34. The average molecular weight is 365 g/mol. The molecule has 0 unspecified atom stereocenters. The monoisotopic (exact) mass is 364 g/mol. The first-order valence-electron chi connectivity index (χ1n) is 10.8. The summed E-state index contributed by atoms with van der Waals surface area (Å²) in [5, 5.41) is 6.28. The first-order chi connectivity index (χ1) is 12.7. The van der Waals surface area contributed by atoms with Crippen LogP contribution in [0.4, 0.5) is 4.79 Å². The van der Waals surface area contributed by atoms with E-state index in [1.54, 1.807) is 0 Å². The average Bonchev–Trinajstić information content (AvgIpc) is 3.19. The predicted molar refractivity (Wildman–Crippen MR) is 103 cm³/mol. The number of likely N-dealkylation sites (tertiary alicyclic amines) is 2. The van der Waals surface area contributed by atoms with Gasteiger partial charge in [0.1, 0.15) is 0 Å². The van der Waals surface area contributed by atoms with Gasteiger partial charge in [0.2, 0.25) is 5.91 Å². The number of carbonyl (C=O) groups excluding carboxylic acids is 2. The Morgan fingerprint density at radius 2 is 1.54 bits per heavy atom.